The molecular weight excluding hydrogens is 350 g/mol. The van der Waals surface area contributed by atoms with Crippen LogP contribution in [0.1, 0.15) is 16.7 Å². The number of aromatic nitrogens is 3. The second-order valence-electron chi connectivity index (χ2n) is 6.05. The van der Waals surface area contributed by atoms with E-state index in [-0.39, 0.29) is 6.03 Å². The molecule has 26 heavy (non-hydrogen) atoms. The van der Waals surface area contributed by atoms with E-state index in [0.29, 0.717) is 24.7 Å². The maximum Gasteiger partial charge on any atom is 0.317 e. The van der Waals surface area contributed by atoms with Crippen LogP contribution in [0.15, 0.2) is 61.2 Å². The Balaban J connectivity index is 1.48. The Hall–Kier alpha value is -2.86. The lowest BCUT2D eigenvalue weighted by molar-refractivity contribution is 0.206. The van der Waals surface area contributed by atoms with E-state index in [1.807, 2.05) is 48.5 Å². The van der Waals surface area contributed by atoms with Crippen molar-refractivity contribution in [1.29, 1.82) is 0 Å². The number of benzene rings is 2. The average molecular weight is 370 g/mol. The Morgan fingerprint density at radius 1 is 1.08 bits per heavy atom. The van der Waals surface area contributed by atoms with Gasteiger partial charge in [-0.25, -0.2) is 14.5 Å². The van der Waals surface area contributed by atoms with Crippen LogP contribution < -0.4 is 5.32 Å². The van der Waals surface area contributed by atoms with Gasteiger partial charge in [-0.1, -0.05) is 48.0 Å². The van der Waals surface area contributed by atoms with E-state index in [0.717, 1.165) is 16.7 Å². The number of hydrogen-bond donors (Lipinski definition) is 1. The van der Waals surface area contributed by atoms with Crippen LogP contribution in [0, 0.1) is 0 Å². The predicted octanol–water partition coefficient (Wildman–Crippen LogP) is 3.32. The zero-order chi connectivity index (χ0) is 18.4. The van der Waals surface area contributed by atoms with E-state index >= 15 is 0 Å². The summed E-state index contributed by atoms with van der Waals surface area (Å²) in [5.74, 6) is 0. The Morgan fingerprint density at radius 3 is 2.38 bits per heavy atom. The maximum absolute atomic E-state index is 12.2. The molecule has 0 aliphatic carbocycles. The third kappa shape index (κ3) is 5.07. The highest BCUT2D eigenvalue weighted by molar-refractivity contribution is 6.30. The molecule has 3 rings (SSSR count). The molecule has 1 N–H and O–H groups in total. The fraction of sp³-hybridized carbons (Fsp3) is 0.211. The molecule has 0 aliphatic rings. The van der Waals surface area contributed by atoms with Crippen LogP contribution in [0.4, 0.5) is 4.79 Å². The summed E-state index contributed by atoms with van der Waals surface area (Å²) in [4.78, 5) is 17.8. The molecular formula is C19H20ClN5O. The maximum atomic E-state index is 12.2. The number of hydrogen-bond acceptors (Lipinski definition) is 3. The fourth-order valence-electron chi connectivity index (χ4n) is 2.51. The van der Waals surface area contributed by atoms with Gasteiger partial charge in [0.2, 0.25) is 0 Å². The van der Waals surface area contributed by atoms with Gasteiger partial charge in [0.05, 0.1) is 6.54 Å². The second-order valence-corrected chi connectivity index (χ2v) is 6.49. The molecule has 6 nitrogen and oxygen atoms in total. The van der Waals surface area contributed by atoms with E-state index in [9.17, 15) is 4.79 Å². The Bertz CT molecular complexity index is 831. The van der Waals surface area contributed by atoms with Crippen molar-refractivity contribution in [2.45, 2.75) is 19.6 Å². The van der Waals surface area contributed by atoms with E-state index in [4.69, 9.17) is 11.6 Å². The summed E-state index contributed by atoms with van der Waals surface area (Å²) in [7, 11) is 1.77. The summed E-state index contributed by atoms with van der Waals surface area (Å²) in [6.45, 7) is 1.68. The van der Waals surface area contributed by atoms with Crippen LogP contribution in [0.3, 0.4) is 0 Å². The summed E-state index contributed by atoms with van der Waals surface area (Å²) in [5, 5.41) is 7.70. The number of nitrogens with zero attached hydrogens (tertiary/aromatic N) is 4. The molecule has 0 aliphatic heterocycles. The minimum absolute atomic E-state index is 0.119. The number of carbonyl (C=O) groups is 1. The van der Waals surface area contributed by atoms with Crippen molar-refractivity contribution in [2.75, 3.05) is 7.05 Å². The summed E-state index contributed by atoms with van der Waals surface area (Å²) < 4.78 is 1.77. The molecule has 0 radical (unpaired) electrons. The quantitative estimate of drug-likeness (QED) is 0.725. The van der Waals surface area contributed by atoms with Crippen molar-refractivity contribution >= 4 is 17.6 Å². The molecule has 0 bridgehead atoms. The molecule has 2 aromatic carbocycles. The largest absolute Gasteiger partial charge is 0.334 e. The minimum atomic E-state index is -0.119. The van der Waals surface area contributed by atoms with Crippen LogP contribution in [0.2, 0.25) is 5.02 Å². The van der Waals surface area contributed by atoms with Crippen LogP contribution in [0.5, 0.6) is 0 Å². The SMILES string of the molecule is CN(Cc1ccc(Cl)cc1)C(=O)NCc1ccc(Cn2cncn2)cc1. The smallest absolute Gasteiger partial charge is 0.317 e. The summed E-state index contributed by atoms with van der Waals surface area (Å²) in [6.07, 6.45) is 3.20. The van der Waals surface area contributed by atoms with Crippen LogP contribution in [0.25, 0.3) is 0 Å². The van der Waals surface area contributed by atoms with Gasteiger partial charge in [-0.3, -0.25) is 0 Å². The van der Waals surface area contributed by atoms with Crippen molar-refractivity contribution in [3.05, 3.63) is 82.9 Å². The third-order valence-corrected chi connectivity index (χ3v) is 4.21. The topological polar surface area (TPSA) is 63.1 Å². The molecule has 7 heteroatoms. The van der Waals surface area contributed by atoms with Gasteiger partial charge in [-0.2, -0.15) is 5.10 Å². The minimum Gasteiger partial charge on any atom is -0.334 e. The van der Waals surface area contributed by atoms with Crippen LogP contribution in [-0.2, 0) is 19.6 Å². The standard InChI is InChI=1S/C19H20ClN5O/c1-24(11-16-6-8-18(20)9-7-16)19(26)22-10-15-2-4-17(5-3-15)12-25-14-21-13-23-25/h2-9,13-14H,10-12H2,1H3,(H,22,26). The van der Waals surface area contributed by atoms with Gasteiger partial charge in [-0.15, -0.1) is 0 Å². The lowest BCUT2D eigenvalue weighted by Crippen LogP contribution is -2.36. The van der Waals surface area contributed by atoms with Gasteiger partial charge < -0.3 is 10.2 Å². The normalized spacial score (nSPS) is 10.5. The summed E-state index contributed by atoms with van der Waals surface area (Å²) in [5.41, 5.74) is 3.20. The lowest BCUT2D eigenvalue weighted by atomic mass is 10.1. The van der Waals surface area contributed by atoms with Crippen LogP contribution in [-0.4, -0.2) is 32.7 Å². The lowest BCUT2D eigenvalue weighted by Gasteiger charge is -2.18. The molecule has 0 spiro atoms. The molecule has 0 atom stereocenters. The fourth-order valence-corrected chi connectivity index (χ4v) is 2.64. The first kappa shape index (κ1) is 17.9. The monoisotopic (exact) mass is 369 g/mol. The first-order chi connectivity index (χ1) is 12.6. The predicted molar refractivity (Wildman–Crippen MR) is 101 cm³/mol. The number of nitrogens with one attached hydrogen (secondary N) is 1. The first-order valence-corrected chi connectivity index (χ1v) is 8.61. The molecule has 2 amide bonds. The van der Waals surface area contributed by atoms with Crippen molar-refractivity contribution in [2.24, 2.45) is 0 Å². The van der Waals surface area contributed by atoms with Crippen molar-refractivity contribution in [3.8, 4) is 0 Å². The average Bonchev–Trinajstić information content (AvgIpc) is 3.16. The van der Waals surface area contributed by atoms with E-state index < -0.39 is 0 Å². The molecule has 0 unspecified atom stereocenters. The number of amides is 2. The van der Waals surface area contributed by atoms with Gasteiger partial charge in [0.25, 0.3) is 0 Å². The van der Waals surface area contributed by atoms with E-state index in [1.54, 1.807) is 23.0 Å². The highest BCUT2D eigenvalue weighted by Gasteiger charge is 2.08. The Labute approximate surface area is 157 Å². The Morgan fingerprint density at radius 2 is 1.73 bits per heavy atom. The Kier molecular flexibility index (Phi) is 5.86. The third-order valence-electron chi connectivity index (χ3n) is 3.96. The number of rotatable bonds is 6. The van der Waals surface area contributed by atoms with Gasteiger partial charge in [0.15, 0.2) is 0 Å². The molecule has 0 saturated heterocycles. The molecule has 1 aromatic heterocycles. The first-order valence-electron chi connectivity index (χ1n) is 8.24. The zero-order valence-electron chi connectivity index (χ0n) is 14.5. The van der Waals surface area contributed by atoms with E-state index in [1.165, 1.54) is 6.33 Å². The highest BCUT2D eigenvalue weighted by Crippen LogP contribution is 2.11. The molecule has 0 fully saturated rings. The van der Waals surface area contributed by atoms with Crippen molar-refractivity contribution in [3.63, 3.8) is 0 Å². The highest BCUT2D eigenvalue weighted by atomic mass is 35.5. The van der Waals surface area contributed by atoms with Gasteiger partial charge in [0.1, 0.15) is 12.7 Å². The summed E-state index contributed by atoms with van der Waals surface area (Å²) in [6, 6.07) is 15.4. The number of halogens is 1. The molecule has 0 saturated carbocycles. The van der Waals surface area contributed by atoms with E-state index in [2.05, 4.69) is 15.4 Å². The van der Waals surface area contributed by atoms with Gasteiger partial charge >= 0.3 is 6.03 Å². The molecule has 3 aromatic rings. The van der Waals surface area contributed by atoms with Crippen molar-refractivity contribution in [1.82, 2.24) is 25.0 Å². The number of carbonyl (C=O) groups excluding carboxylic acids is 1. The number of urea groups is 1. The zero-order valence-corrected chi connectivity index (χ0v) is 15.2. The second kappa shape index (κ2) is 8.49. The molecule has 134 valence electrons. The van der Waals surface area contributed by atoms with Gasteiger partial charge in [-0.05, 0) is 28.8 Å². The van der Waals surface area contributed by atoms with Crippen LogP contribution >= 0.6 is 11.6 Å². The summed E-state index contributed by atoms with van der Waals surface area (Å²) >= 11 is 5.88. The molecule has 1 heterocycles. The van der Waals surface area contributed by atoms with Gasteiger partial charge in [0, 0.05) is 25.2 Å². The van der Waals surface area contributed by atoms with Crippen molar-refractivity contribution < 1.29 is 4.79 Å².